The van der Waals surface area contributed by atoms with Gasteiger partial charge >= 0.3 is 0 Å². The molecule has 1 aromatic carbocycles. The van der Waals surface area contributed by atoms with Gasteiger partial charge in [0.2, 0.25) is 0 Å². The molecule has 2 aromatic heterocycles. The summed E-state index contributed by atoms with van der Waals surface area (Å²) >= 11 is 7.36. The molecular weight excluding hydrogens is 402 g/mol. The highest BCUT2D eigenvalue weighted by atomic mass is 35.5. The van der Waals surface area contributed by atoms with Gasteiger partial charge in [0, 0.05) is 36.4 Å². The van der Waals surface area contributed by atoms with E-state index in [2.05, 4.69) is 43.9 Å². The van der Waals surface area contributed by atoms with Crippen LogP contribution in [0.1, 0.15) is 35.6 Å². The second-order valence-electron chi connectivity index (χ2n) is 7.18. The second-order valence-corrected chi connectivity index (χ2v) is 8.58. The smallest absolute Gasteiger partial charge is 0.137 e. The first-order valence-corrected chi connectivity index (χ1v) is 11.0. The molecule has 1 fully saturated rings. The summed E-state index contributed by atoms with van der Waals surface area (Å²) in [7, 11) is 0. The van der Waals surface area contributed by atoms with Crippen molar-refractivity contribution in [2.45, 2.75) is 31.7 Å². The van der Waals surface area contributed by atoms with E-state index in [9.17, 15) is 0 Å². The molecule has 5 nitrogen and oxygen atoms in total. The first kappa shape index (κ1) is 20.0. The van der Waals surface area contributed by atoms with Crippen LogP contribution in [-0.2, 0) is 13.0 Å². The molecule has 4 rings (SSSR count). The Morgan fingerprint density at radius 3 is 2.79 bits per heavy atom. The normalized spacial score (nSPS) is 14.3. The van der Waals surface area contributed by atoms with Gasteiger partial charge in [0.25, 0.3) is 0 Å². The molecule has 1 saturated carbocycles. The standard InChI is InChI=1S/C22H24ClN5S/c23-19-6-1-16(2-7-19)9-10-26-29-21(11-24)13-25-12-20-15-28-14-18(17-3-4-17)5-8-22(28)27-20/h1-2,5-8,11,13-15,17,24-26H,3-4,9-10,12H2/b21-13+,24-11?. The zero-order valence-electron chi connectivity index (χ0n) is 16.1. The highest BCUT2D eigenvalue weighted by Crippen LogP contribution is 2.39. The Bertz CT molecular complexity index is 1010. The number of rotatable bonds is 10. The van der Waals surface area contributed by atoms with Crippen LogP contribution in [0.4, 0.5) is 0 Å². The molecule has 2 heterocycles. The van der Waals surface area contributed by atoms with E-state index in [4.69, 9.17) is 17.0 Å². The Morgan fingerprint density at radius 1 is 1.21 bits per heavy atom. The van der Waals surface area contributed by atoms with E-state index < -0.39 is 0 Å². The van der Waals surface area contributed by atoms with Crippen LogP contribution in [0.15, 0.2) is 59.9 Å². The fraction of sp³-hybridized carbons (Fsp3) is 0.273. The minimum Gasteiger partial charge on any atom is -0.384 e. The number of nitrogens with one attached hydrogen (secondary N) is 3. The summed E-state index contributed by atoms with van der Waals surface area (Å²) in [6.45, 7) is 1.44. The van der Waals surface area contributed by atoms with Gasteiger partial charge in [-0.25, -0.2) is 4.98 Å². The van der Waals surface area contributed by atoms with Gasteiger partial charge in [-0.1, -0.05) is 29.8 Å². The predicted molar refractivity (Wildman–Crippen MR) is 122 cm³/mol. The lowest BCUT2D eigenvalue weighted by molar-refractivity contribution is 0.844. The number of pyridine rings is 1. The van der Waals surface area contributed by atoms with Crippen LogP contribution >= 0.6 is 23.5 Å². The Morgan fingerprint density at radius 2 is 2.03 bits per heavy atom. The Labute approximate surface area is 180 Å². The number of fused-ring (bicyclic) bond motifs is 1. The number of hydrogen-bond acceptors (Lipinski definition) is 5. The van der Waals surface area contributed by atoms with Crippen molar-refractivity contribution in [3.63, 3.8) is 0 Å². The maximum Gasteiger partial charge on any atom is 0.137 e. The number of imidazole rings is 1. The van der Waals surface area contributed by atoms with Crippen molar-refractivity contribution in [3.8, 4) is 0 Å². The summed E-state index contributed by atoms with van der Waals surface area (Å²) < 4.78 is 5.41. The third-order valence-corrected chi connectivity index (χ3v) is 5.93. The molecule has 3 aromatic rings. The number of hydrogen-bond donors (Lipinski definition) is 3. The number of nitrogens with zero attached hydrogens (tertiary/aromatic N) is 2. The maximum atomic E-state index is 7.60. The Balaban J connectivity index is 1.24. The first-order chi connectivity index (χ1) is 14.2. The predicted octanol–water partition coefficient (Wildman–Crippen LogP) is 4.93. The summed E-state index contributed by atoms with van der Waals surface area (Å²) in [4.78, 5) is 5.47. The van der Waals surface area contributed by atoms with Crippen molar-refractivity contribution in [1.29, 1.82) is 5.41 Å². The summed E-state index contributed by atoms with van der Waals surface area (Å²) in [6.07, 6.45) is 11.0. The van der Waals surface area contributed by atoms with Gasteiger partial charge in [0.15, 0.2) is 0 Å². The average Bonchev–Trinajstić information content (AvgIpc) is 3.50. The highest BCUT2D eigenvalue weighted by Gasteiger charge is 2.23. The fourth-order valence-corrected chi connectivity index (χ4v) is 3.84. The third-order valence-electron chi connectivity index (χ3n) is 4.86. The molecule has 3 N–H and O–H groups in total. The van der Waals surface area contributed by atoms with Crippen LogP contribution in [0.25, 0.3) is 5.65 Å². The van der Waals surface area contributed by atoms with Crippen LogP contribution < -0.4 is 10.0 Å². The van der Waals surface area contributed by atoms with Crippen molar-refractivity contribution in [2.24, 2.45) is 0 Å². The van der Waals surface area contributed by atoms with Crippen molar-refractivity contribution in [2.75, 3.05) is 6.54 Å². The molecule has 0 unspecified atom stereocenters. The summed E-state index contributed by atoms with van der Waals surface area (Å²) in [5, 5.41) is 11.6. The summed E-state index contributed by atoms with van der Waals surface area (Å²) in [6, 6.07) is 12.2. The minimum absolute atomic E-state index is 0.628. The molecule has 0 amide bonds. The second kappa shape index (κ2) is 9.48. The molecule has 1 aliphatic carbocycles. The molecule has 0 atom stereocenters. The number of allylic oxidation sites excluding steroid dienone is 1. The van der Waals surface area contributed by atoms with Gasteiger partial charge < -0.3 is 15.1 Å². The molecule has 0 saturated heterocycles. The van der Waals surface area contributed by atoms with Crippen LogP contribution in [0, 0.1) is 5.41 Å². The lowest BCUT2D eigenvalue weighted by Gasteiger charge is -2.05. The topological polar surface area (TPSA) is 65.2 Å². The molecule has 0 spiro atoms. The molecule has 150 valence electrons. The quantitative estimate of drug-likeness (QED) is 0.245. The van der Waals surface area contributed by atoms with Crippen molar-refractivity contribution < 1.29 is 0 Å². The van der Waals surface area contributed by atoms with Crippen LogP contribution in [0.5, 0.6) is 0 Å². The van der Waals surface area contributed by atoms with E-state index in [0.717, 1.165) is 40.2 Å². The molecule has 0 aliphatic heterocycles. The molecule has 0 bridgehead atoms. The van der Waals surface area contributed by atoms with Gasteiger partial charge in [-0.15, -0.1) is 0 Å². The number of halogens is 1. The van der Waals surface area contributed by atoms with Crippen LogP contribution in [0.3, 0.4) is 0 Å². The van der Waals surface area contributed by atoms with Crippen LogP contribution in [0.2, 0.25) is 5.02 Å². The van der Waals surface area contributed by atoms with E-state index >= 15 is 0 Å². The van der Waals surface area contributed by atoms with E-state index in [1.165, 1.54) is 42.1 Å². The molecule has 0 radical (unpaired) electrons. The number of benzene rings is 1. The first-order valence-electron chi connectivity index (χ1n) is 9.77. The number of aromatic nitrogens is 2. The lowest BCUT2D eigenvalue weighted by Crippen LogP contribution is -2.11. The van der Waals surface area contributed by atoms with Gasteiger partial charge in [0.05, 0.1) is 17.1 Å². The molecule has 1 aliphatic rings. The van der Waals surface area contributed by atoms with E-state index in [0.29, 0.717) is 6.54 Å². The molecule has 29 heavy (non-hydrogen) atoms. The molecular formula is C22H24ClN5S. The van der Waals surface area contributed by atoms with Gasteiger partial charge in [0.1, 0.15) is 5.65 Å². The van der Waals surface area contributed by atoms with Gasteiger partial charge in [-0.3, -0.25) is 4.72 Å². The lowest BCUT2D eigenvalue weighted by atomic mass is 10.2. The summed E-state index contributed by atoms with van der Waals surface area (Å²) in [5.74, 6) is 0.741. The van der Waals surface area contributed by atoms with Crippen molar-refractivity contribution in [3.05, 3.63) is 81.7 Å². The zero-order chi connectivity index (χ0) is 20.1. The monoisotopic (exact) mass is 425 g/mol. The zero-order valence-corrected chi connectivity index (χ0v) is 17.6. The SMILES string of the molecule is N=C/C(=C\NCc1cn2cc(C3CC3)ccc2n1)SNCCc1ccc(Cl)cc1. The summed E-state index contributed by atoms with van der Waals surface area (Å²) in [5.41, 5.74) is 4.60. The fourth-order valence-electron chi connectivity index (χ4n) is 3.14. The van der Waals surface area contributed by atoms with Crippen LogP contribution in [-0.4, -0.2) is 22.1 Å². The maximum absolute atomic E-state index is 7.60. The van der Waals surface area contributed by atoms with Crippen molar-refractivity contribution >= 4 is 35.4 Å². The average molecular weight is 426 g/mol. The van der Waals surface area contributed by atoms with Gasteiger partial charge in [-0.05, 0) is 66.5 Å². The minimum atomic E-state index is 0.628. The Kier molecular flexibility index (Phi) is 6.54. The van der Waals surface area contributed by atoms with E-state index in [1.54, 1.807) is 0 Å². The Hall–Kier alpha value is -2.28. The largest absolute Gasteiger partial charge is 0.384 e. The van der Waals surface area contributed by atoms with E-state index in [-0.39, 0.29) is 0 Å². The van der Waals surface area contributed by atoms with Gasteiger partial charge in [-0.2, -0.15) is 0 Å². The highest BCUT2D eigenvalue weighted by molar-refractivity contribution is 8.02. The third kappa shape index (κ3) is 5.63. The van der Waals surface area contributed by atoms with Crippen molar-refractivity contribution in [1.82, 2.24) is 19.4 Å². The van der Waals surface area contributed by atoms with E-state index in [1.807, 2.05) is 30.5 Å². The molecule has 7 heteroatoms.